The van der Waals surface area contributed by atoms with Crippen LogP contribution >= 0.6 is 0 Å². The Morgan fingerprint density at radius 1 is 1.45 bits per heavy atom. The van der Waals surface area contributed by atoms with Gasteiger partial charge in [0.25, 0.3) is 0 Å². The van der Waals surface area contributed by atoms with Crippen LogP contribution in [0.15, 0.2) is 0 Å². The van der Waals surface area contributed by atoms with E-state index in [0.29, 0.717) is 0 Å². The molecule has 0 aliphatic carbocycles. The molecule has 3 heteroatoms. The first kappa shape index (κ1) is 10.4. The molecule has 0 spiro atoms. The molecule has 1 atom stereocenters. The van der Waals surface area contributed by atoms with Gasteiger partial charge in [-0.3, -0.25) is 4.79 Å². The highest BCUT2D eigenvalue weighted by atomic mass is 16.5. The summed E-state index contributed by atoms with van der Waals surface area (Å²) >= 11 is 0. The summed E-state index contributed by atoms with van der Waals surface area (Å²) < 4.78 is 4.53. The number of nitrogens with two attached hydrogens (primary N) is 1. The maximum Gasteiger partial charge on any atom is 0.322 e. The first-order chi connectivity index (χ1) is 5.17. The van der Waals surface area contributed by atoms with E-state index in [4.69, 9.17) is 5.73 Å². The lowest BCUT2D eigenvalue weighted by atomic mass is 9.95. The van der Waals surface area contributed by atoms with Crippen molar-refractivity contribution in [1.29, 1.82) is 0 Å². The standard InChI is InChI=1S/C8H17NO2/c1-4-6(5-2)7(9)8(10)11-3/h6-7H,4-5,9H2,1-3H3/t7-/m0/s1. The van der Waals surface area contributed by atoms with Crippen molar-refractivity contribution in [2.75, 3.05) is 7.11 Å². The summed E-state index contributed by atoms with van der Waals surface area (Å²) in [5.74, 6) is -0.0545. The summed E-state index contributed by atoms with van der Waals surface area (Å²) in [5, 5.41) is 0. The van der Waals surface area contributed by atoms with Crippen molar-refractivity contribution in [2.24, 2.45) is 11.7 Å². The lowest BCUT2D eigenvalue weighted by Crippen LogP contribution is -2.38. The van der Waals surface area contributed by atoms with Crippen molar-refractivity contribution in [3.05, 3.63) is 0 Å². The van der Waals surface area contributed by atoms with Crippen molar-refractivity contribution < 1.29 is 9.53 Å². The Bertz CT molecular complexity index is 121. The normalized spacial score (nSPS) is 13.2. The maximum absolute atomic E-state index is 10.9. The molecule has 3 nitrogen and oxygen atoms in total. The monoisotopic (exact) mass is 159 g/mol. The van der Waals surface area contributed by atoms with E-state index >= 15 is 0 Å². The minimum atomic E-state index is -0.449. The van der Waals surface area contributed by atoms with Crippen LogP contribution in [0.3, 0.4) is 0 Å². The average Bonchev–Trinajstić information content (AvgIpc) is 2.05. The Labute approximate surface area is 67.9 Å². The second-order valence-electron chi connectivity index (χ2n) is 2.63. The minimum absolute atomic E-state index is 0.252. The van der Waals surface area contributed by atoms with Crippen LogP contribution in [0.4, 0.5) is 0 Å². The number of esters is 1. The van der Waals surface area contributed by atoms with Crippen LogP contribution in [0, 0.1) is 5.92 Å². The zero-order valence-corrected chi connectivity index (χ0v) is 7.46. The third kappa shape index (κ3) is 2.89. The topological polar surface area (TPSA) is 52.3 Å². The molecule has 0 aliphatic heterocycles. The Kier molecular flexibility index (Phi) is 4.86. The molecule has 0 fully saturated rings. The van der Waals surface area contributed by atoms with Crippen LogP contribution < -0.4 is 5.73 Å². The van der Waals surface area contributed by atoms with Crippen molar-refractivity contribution in [3.8, 4) is 0 Å². The van der Waals surface area contributed by atoms with Gasteiger partial charge in [-0.15, -0.1) is 0 Å². The van der Waals surface area contributed by atoms with Crippen LogP contribution in [-0.4, -0.2) is 19.1 Å². The van der Waals surface area contributed by atoms with Crippen molar-refractivity contribution >= 4 is 5.97 Å². The third-order valence-corrected chi connectivity index (χ3v) is 2.03. The maximum atomic E-state index is 10.9. The number of methoxy groups -OCH3 is 1. The molecular formula is C8H17NO2. The Balaban J connectivity index is 3.97. The predicted octanol–water partition coefficient (Wildman–Crippen LogP) is 0.923. The minimum Gasteiger partial charge on any atom is -0.468 e. The fourth-order valence-electron chi connectivity index (χ4n) is 1.13. The average molecular weight is 159 g/mol. The van der Waals surface area contributed by atoms with Gasteiger partial charge >= 0.3 is 5.97 Å². The van der Waals surface area contributed by atoms with E-state index in [0.717, 1.165) is 12.8 Å². The summed E-state index contributed by atoms with van der Waals surface area (Å²) in [6, 6.07) is -0.449. The predicted molar refractivity (Wildman–Crippen MR) is 44.1 cm³/mol. The molecular weight excluding hydrogens is 142 g/mol. The molecule has 0 bridgehead atoms. The Morgan fingerprint density at radius 3 is 2.18 bits per heavy atom. The summed E-state index contributed by atoms with van der Waals surface area (Å²) in [6.07, 6.45) is 1.85. The summed E-state index contributed by atoms with van der Waals surface area (Å²) in [4.78, 5) is 10.9. The molecule has 0 aromatic heterocycles. The van der Waals surface area contributed by atoms with Gasteiger partial charge in [0, 0.05) is 0 Å². The smallest absolute Gasteiger partial charge is 0.322 e. The van der Waals surface area contributed by atoms with E-state index in [1.54, 1.807) is 0 Å². The van der Waals surface area contributed by atoms with Gasteiger partial charge in [0.2, 0.25) is 0 Å². The molecule has 0 aromatic carbocycles. The zero-order valence-electron chi connectivity index (χ0n) is 7.46. The number of hydrogen-bond donors (Lipinski definition) is 1. The fourth-order valence-corrected chi connectivity index (χ4v) is 1.13. The summed E-state index contributed by atoms with van der Waals surface area (Å²) in [7, 11) is 1.37. The first-order valence-corrected chi connectivity index (χ1v) is 4.00. The SMILES string of the molecule is CCC(CC)[C@H](N)C(=O)OC. The first-order valence-electron chi connectivity index (χ1n) is 4.00. The van der Waals surface area contributed by atoms with Gasteiger partial charge in [0.05, 0.1) is 7.11 Å². The van der Waals surface area contributed by atoms with E-state index in [9.17, 15) is 4.79 Å². The molecule has 0 aromatic rings. The molecule has 0 saturated carbocycles. The van der Waals surface area contributed by atoms with Crippen molar-refractivity contribution in [1.82, 2.24) is 0 Å². The van der Waals surface area contributed by atoms with Gasteiger partial charge in [0.15, 0.2) is 0 Å². The number of carbonyl (C=O) groups excluding carboxylic acids is 1. The molecule has 0 saturated heterocycles. The molecule has 0 rings (SSSR count). The van der Waals surface area contributed by atoms with Crippen molar-refractivity contribution in [2.45, 2.75) is 32.7 Å². The second kappa shape index (κ2) is 5.13. The molecule has 11 heavy (non-hydrogen) atoms. The second-order valence-corrected chi connectivity index (χ2v) is 2.63. The Hall–Kier alpha value is -0.570. The van der Waals surface area contributed by atoms with Crippen LogP contribution in [0.2, 0.25) is 0 Å². The van der Waals surface area contributed by atoms with E-state index < -0.39 is 6.04 Å². The van der Waals surface area contributed by atoms with Crippen LogP contribution in [0.25, 0.3) is 0 Å². The number of hydrogen-bond acceptors (Lipinski definition) is 3. The van der Waals surface area contributed by atoms with E-state index in [-0.39, 0.29) is 11.9 Å². The van der Waals surface area contributed by atoms with Crippen LogP contribution in [0.1, 0.15) is 26.7 Å². The van der Waals surface area contributed by atoms with Crippen LogP contribution in [0.5, 0.6) is 0 Å². The van der Waals surface area contributed by atoms with Gasteiger partial charge in [-0.2, -0.15) is 0 Å². The van der Waals surface area contributed by atoms with Gasteiger partial charge in [-0.05, 0) is 5.92 Å². The number of rotatable bonds is 4. The highest BCUT2D eigenvalue weighted by Gasteiger charge is 2.21. The number of carbonyl (C=O) groups is 1. The summed E-state index contributed by atoms with van der Waals surface area (Å²) in [5.41, 5.74) is 5.62. The molecule has 0 heterocycles. The molecule has 66 valence electrons. The van der Waals surface area contributed by atoms with E-state index in [2.05, 4.69) is 4.74 Å². The number of ether oxygens (including phenoxy) is 1. The van der Waals surface area contributed by atoms with Gasteiger partial charge in [-0.1, -0.05) is 26.7 Å². The molecule has 2 N–H and O–H groups in total. The lowest BCUT2D eigenvalue weighted by Gasteiger charge is -2.17. The van der Waals surface area contributed by atoms with Gasteiger partial charge < -0.3 is 10.5 Å². The van der Waals surface area contributed by atoms with Gasteiger partial charge in [0.1, 0.15) is 6.04 Å². The quantitative estimate of drug-likeness (QED) is 0.621. The molecule has 0 radical (unpaired) electrons. The largest absolute Gasteiger partial charge is 0.468 e. The highest BCUT2D eigenvalue weighted by molar-refractivity contribution is 5.75. The third-order valence-electron chi connectivity index (χ3n) is 2.03. The van der Waals surface area contributed by atoms with E-state index in [1.165, 1.54) is 7.11 Å². The lowest BCUT2D eigenvalue weighted by molar-refractivity contribution is -0.143. The molecule has 0 amide bonds. The van der Waals surface area contributed by atoms with E-state index in [1.807, 2.05) is 13.8 Å². The highest BCUT2D eigenvalue weighted by Crippen LogP contribution is 2.11. The van der Waals surface area contributed by atoms with Crippen LogP contribution in [-0.2, 0) is 9.53 Å². The van der Waals surface area contributed by atoms with Gasteiger partial charge in [-0.25, -0.2) is 0 Å². The summed E-state index contributed by atoms with van der Waals surface area (Å²) in [6.45, 7) is 4.05. The molecule has 0 aliphatic rings. The van der Waals surface area contributed by atoms with Crippen molar-refractivity contribution in [3.63, 3.8) is 0 Å². The molecule has 0 unspecified atom stereocenters. The fraction of sp³-hybridized carbons (Fsp3) is 0.875. The Morgan fingerprint density at radius 2 is 1.91 bits per heavy atom. The zero-order chi connectivity index (χ0) is 8.85.